The Labute approximate surface area is 241 Å². The van der Waals surface area contributed by atoms with Crippen molar-refractivity contribution in [2.24, 2.45) is 0 Å². The van der Waals surface area contributed by atoms with Crippen LogP contribution < -0.4 is 4.90 Å². The molecule has 1 saturated heterocycles. The predicted octanol–water partition coefficient (Wildman–Crippen LogP) is 5.66. The Morgan fingerprint density at radius 1 is 0.875 bits per heavy atom. The standard InChI is InChI=1S/C30H29N7OS2/c1-21-7-3-5-9-25(21)35-15-17-36(18-16-35)29(38)24-19-39-27(32-24)20-40-30-34-33-28(23-11-13-31-14-12-23)37(30)26-10-6-4-8-22(26)2/h3-14,19H,15-18,20H2,1-2H3. The largest absolute Gasteiger partial charge is 0.368 e. The zero-order chi connectivity index (χ0) is 27.5. The van der Waals surface area contributed by atoms with E-state index in [0.29, 0.717) is 24.5 Å². The molecule has 0 N–H and O–H groups in total. The molecule has 2 aromatic carbocycles. The van der Waals surface area contributed by atoms with E-state index in [1.165, 1.54) is 22.6 Å². The van der Waals surface area contributed by atoms with Crippen LogP contribution in [0.5, 0.6) is 0 Å². The number of aromatic nitrogens is 5. The average molecular weight is 568 g/mol. The van der Waals surface area contributed by atoms with Gasteiger partial charge < -0.3 is 9.80 Å². The van der Waals surface area contributed by atoms with Crippen molar-refractivity contribution in [1.29, 1.82) is 0 Å². The van der Waals surface area contributed by atoms with Crippen molar-refractivity contribution < 1.29 is 4.79 Å². The topological polar surface area (TPSA) is 80.0 Å². The number of piperazine rings is 1. The van der Waals surface area contributed by atoms with Crippen molar-refractivity contribution in [3.05, 3.63) is 100 Å². The highest BCUT2D eigenvalue weighted by Gasteiger charge is 2.25. The molecule has 4 heterocycles. The third kappa shape index (κ3) is 5.37. The van der Waals surface area contributed by atoms with E-state index < -0.39 is 0 Å². The highest BCUT2D eigenvalue weighted by Crippen LogP contribution is 2.31. The number of hydrogen-bond donors (Lipinski definition) is 0. The van der Waals surface area contributed by atoms with Gasteiger partial charge >= 0.3 is 0 Å². The van der Waals surface area contributed by atoms with Crippen LogP contribution in [0.25, 0.3) is 17.1 Å². The number of thioether (sulfide) groups is 1. The molecule has 5 aromatic rings. The zero-order valence-electron chi connectivity index (χ0n) is 22.4. The van der Waals surface area contributed by atoms with Gasteiger partial charge in [-0.25, -0.2) is 4.98 Å². The van der Waals surface area contributed by atoms with Gasteiger partial charge in [0.25, 0.3) is 5.91 Å². The maximum Gasteiger partial charge on any atom is 0.273 e. The molecule has 0 atom stereocenters. The first-order chi connectivity index (χ1) is 19.6. The lowest BCUT2D eigenvalue weighted by atomic mass is 10.1. The fourth-order valence-corrected chi connectivity index (χ4v) is 6.65. The number of anilines is 1. The number of pyridine rings is 1. The molecule has 0 radical (unpaired) electrons. The Morgan fingerprint density at radius 3 is 2.25 bits per heavy atom. The summed E-state index contributed by atoms with van der Waals surface area (Å²) < 4.78 is 2.09. The minimum absolute atomic E-state index is 0.0000147. The number of benzene rings is 2. The second-order valence-corrected chi connectivity index (χ2v) is 11.5. The van der Waals surface area contributed by atoms with Gasteiger partial charge in [-0.3, -0.25) is 14.3 Å². The molecule has 202 valence electrons. The quantitative estimate of drug-likeness (QED) is 0.235. The monoisotopic (exact) mass is 567 g/mol. The molecule has 6 rings (SSSR count). The van der Waals surface area contributed by atoms with E-state index in [0.717, 1.165) is 45.9 Å². The molecule has 3 aromatic heterocycles. The molecule has 40 heavy (non-hydrogen) atoms. The highest BCUT2D eigenvalue weighted by atomic mass is 32.2. The molecule has 0 unspecified atom stereocenters. The predicted molar refractivity (Wildman–Crippen MR) is 160 cm³/mol. The van der Waals surface area contributed by atoms with E-state index in [9.17, 15) is 4.79 Å². The minimum Gasteiger partial charge on any atom is -0.368 e. The summed E-state index contributed by atoms with van der Waals surface area (Å²) in [7, 11) is 0. The SMILES string of the molecule is Cc1ccccc1N1CCN(C(=O)c2csc(CSc3nnc(-c4ccncc4)n3-c3ccccc3C)n2)CC1. The second-order valence-electron chi connectivity index (χ2n) is 9.64. The van der Waals surface area contributed by atoms with Gasteiger partial charge in [-0.05, 0) is 49.2 Å². The first-order valence-corrected chi connectivity index (χ1v) is 15.0. The maximum absolute atomic E-state index is 13.2. The van der Waals surface area contributed by atoms with Crippen LogP contribution in [0.3, 0.4) is 0 Å². The Hall–Kier alpha value is -4.02. The molecule has 10 heteroatoms. The number of para-hydroxylation sites is 2. The van der Waals surface area contributed by atoms with Gasteiger partial charge in [-0.1, -0.05) is 48.2 Å². The van der Waals surface area contributed by atoms with E-state index in [2.05, 4.69) is 74.9 Å². The molecule has 0 spiro atoms. The van der Waals surface area contributed by atoms with Crippen LogP contribution in [0.1, 0.15) is 26.6 Å². The lowest BCUT2D eigenvalue weighted by molar-refractivity contribution is 0.0741. The Morgan fingerprint density at radius 2 is 1.55 bits per heavy atom. The van der Waals surface area contributed by atoms with Gasteiger partial charge in [-0.2, -0.15) is 0 Å². The number of nitrogens with zero attached hydrogens (tertiary/aromatic N) is 7. The van der Waals surface area contributed by atoms with Crippen LogP contribution in [-0.4, -0.2) is 61.7 Å². The van der Waals surface area contributed by atoms with E-state index in [4.69, 9.17) is 4.98 Å². The van der Waals surface area contributed by atoms with Crippen molar-refractivity contribution in [3.8, 4) is 17.1 Å². The fraction of sp³-hybridized carbons (Fsp3) is 0.233. The Kier molecular flexibility index (Phi) is 7.61. The maximum atomic E-state index is 13.2. The molecule has 1 fully saturated rings. The molecule has 8 nitrogen and oxygen atoms in total. The number of hydrogen-bond acceptors (Lipinski definition) is 8. The van der Waals surface area contributed by atoms with Gasteiger partial charge in [0.05, 0.1) is 11.4 Å². The molecule has 1 amide bonds. The zero-order valence-corrected chi connectivity index (χ0v) is 24.0. The van der Waals surface area contributed by atoms with Gasteiger partial charge in [0.1, 0.15) is 10.7 Å². The van der Waals surface area contributed by atoms with Gasteiger partial charge in [-0.15, -0.1) is 21.5 Å². The summed E-state index contributed by atoms with van der Waals surface area (Å²) in [6.45, 7) is 7.22. The Bertz CT molecular complexity index is 1620. The summed E-state index contributed by atoms with van der Waals surface area (Å²) in [6.07, 6.45) is 3.52. The van der Waals surface area contributed by atoms with Gasteiger partial charge in [0, 0.05) is 55.2 Å². The van der Waals surface area contributed by atoms with Crippen molar-refractivity contribution in [2.45, 2.75) is 24.8 Å². The van der Waals surface area contributed by atoms with Crippen LogP contribution in [0.15, 0.2) is 83.6 Å². The van der Waals surface area contributed by atoms with Crippen LogP contribution in [0.2, 0.25) is 0 Å². The van der Waals surface area contributed by atoms with Crippen molar-refractivity contribution >= 4 is 34.7 Å². The molecule has 0 saturated carbocycles. The summed E-state index contributed by atoms with van der Waals surface area (Å²) >= 11 is 3.08. The summed E-state index contributed by atoms with van der Waals surface area (Å²) in [4.78, 5) is 26.4. The summed E-state index contributed by atoms with van der Waals surface area (Å²) in [5, 5.41) is 12.6. The smallest absolute Gasteiger partial charge is 0.273 e. The minimum atomic E-state index is -0.0000147. The highest BCUT2D eigenvalue weighted by molar-refractivity contribution is 7.98. The number of amides is 1. The van der Waals surface area contributed by atoms with Crippen LogP contribution in [0.4, 0.5) is 5.69 Å². The number of thiazole rings is 1. The van der Waals surface area contributed by atoms with Crippen LogP contribution in [0, 0.1) is 13.8 Å². The Balaban J connectivity index is 1.15. The normalized spacial score (nSPS) is 13.6. The molecule has 0 bridgehead atoms. The summed E-state index contributed by atoms with van der Waals surface area (Å²) in [6, 6.07) is 20.5. The summed E-state index contributed by atoms with van der Waals surface area (Å²) in [5.74, 6) is 1.36. The number of rotatable bonds is 7. The lowest BCUT2D eigenvalue weighted by Gasteiger charge is -2.36. The lowest BCUT2D eigenvalue weighted by Crippen LogP contribution is -2.49. The number of aryl methyl sites for hydroxylation is 2. The number of carbonyl (C=O) groups excluding carboxylic acids is 1. The van der Waals surface area contributed by atoms with Crippen molar-refractivity contribution in [2.75, 3.05) is 31.1 Å². The summed E-state index contributed by atoms with van der Waals surface area (Å²) in [5.41, 5.74) is 6.12. The van der Waals surface area contributed by atoms with Gasteiger partial charge in [0.2, 0.25) is 0 Å². The second kappa shape index (κ2) is 11.6. The first kappa shape index (κ1) is 26.2. The van der Waals surface area contributed by atoms with E-state index in [1.807, 2.05) is 34.5 Å². The third-order valence-corrected chi connectivity index (χ3v) is 9.02. The molecular formula is C30H29N7OS2. The molecule has 1 aliphatic heterocycles. The first-order valence-electron chi connectivity index (χ1n) is 13.2. The molecule has 0 aliphatic carbocycles. The van der Waals surface area contributed by atoms with Gasteiger partial charge in [0.15, 0.2) is 11.0 Å². The third-order valence-electron chi connectivity index (χ3n) is 7.05. The van der Waals surface area contributed by atoms with Crippen LogP contribution in [-0.2, 0) is 5.75 Å². The average Bonchev–Trinajstić information content (AvgIpc) is 3.64. The van der Waals surface area contributed by atoms with E-state index in [-0.39, 0.29) is 5.91 Å². The van der Waals surface area contributed by atoms with E-state index in [1.54, 1.807) is 24.2 Å². The van der Waals surface area contributed by atoms with Crippen molar-refractivity contribution in [3.63, 3.8) is 0 Å². The molecule has 1 aliphatic rings. The molecular weight excluding hydrogens is 539 g/mol. The number of carbonyl (C=O) groups is 1. The van der Waals surface area contributed by atoms with Crippen molar-refractivity contribution in [1.82, 2.24) is 29.6 Å². The van der Waals surface area contributed by atoms with E-state index >= 15 is 0 Å². The van der Waals surface area contributed by atoms with Crippen LogP contribution >= 0.6 is 23.1 Å². The fourth-order valence-electron chi connectivity index (χ4n) is 4.92.